The van der Waals surface area contributed by atoms with Crippen LogP contribution in [0.25, 0.3) is 0 Å². The topological polar surface area (TPSA) is 50.4 Å². The first kappa shape index (κ1) is 17.3. The Morgan fingerprint density at radius 3 is 2.57 bits per heavy atom. The standard InChI is InChI=1S/C14H19F3N2O2/c1-4-9(2)18-8-13(20)19-12-6-5-10(21-3)7-11(12)14(15,16)17/h5-7,9,18H,4,8H2,1-3H3,(H,19,20). The lowest BCUT2D eigenvalue weighted by molar-refractivity contribution is -0.137. The monoisotopic (exact) mass is 304 g/mol. The largest absolute Gasteiger partial charge is 0.497 e. The highest BCUT2D eigenvalue weighted by atomic mass is 19.4. The van der Waals surface area contributed by atoms with Crippen LogP contribution in [0.5, 0.6) is 5.75 Å². The number of hydrogen-bond donors (Lipinski definition) is 2. The van der Waals surface area contributed by atoms with Crippen LogP contribution in [0.2, 0.25) is 0 Å². The van der Waals surface area contributed by atoms with Crippen LogP contribution in [-0.4, -0.2) is 25.6 Å². The molecular weight excluding hydrogens is 285 g/mol. The lowest BCUT2D eigenvalue weighted by Crippen LogP contribution is -2.34. The molecule has 0 spiro atoms. The van der Waals surface area contributed by atoms with Crippen molar-refractivity contribution in [2.45, 2.75) is 32.5 Å². The summed E-state index contributed by atoms with van der Waals surface area (Å²) < 4.78 is 43.7. The van der Waals surface area contributed by atoms with E-state index in [1.807, 2.05) is 13.8 Å². The summed E-state index contributed by atoms with van der Waals surface area (Å²) in [6.45, 7) is 3.79. The molecule has 0 fully saturated rings. The quantitative estimate of drug-likeness (QED) is 0.849. The van der Waals surface area contributed by atoms with Crippen molar-refractivity contribution < 1.29 is 22.7 Å². The first-order valence-electron chi connectivity index (χ1n) is 6.56. The van der Waals surface area contributed by atoms with Crippen LogP contribution in [-0.2, 0) is 11.0 Å². The molecule has 1 amide bonds. The van der Waals surface area contributed by atoms with E-state index in [0.717, 1.165) is 12.5 Å². The molecule has 1 aromatic carbocycles. The molecule has 4 nitrogen and oxygen atoms in total. The van der Waals surface area contributed by atoms with Crippen LogP contribution in [0, 0.1) is 0 Å². The average Bonchev–Trinajstić information content (AvgIpc) is 2.44. The molecule has 7 heteroatoms. The lowest BCUT2D eigenvalue weighted by Gasteiger charge is -2.16. The van der Waals surface area contributed by atoms with Crippen LogP contribution in [0.1, 0.15) is 25.8 Å². The smallest absolute Gasteiger partial charge is 0.418 e. The van der Waals surface area contributed by atoms with Crippen LogP contribution in [0.15, 0.2) is 18.2 Å². The third kappa shape index (κ3) is 5.26. The van der Waals surface area contributed by atoms with Gasteiger partial charge in [-0.1, -0.05) is 6.92 Å². The van der Waals surface area contributed by atoms with Crippen LogP contribution in [0.3, 0.4) is 0 Å². The molecule has 2 N–H and O–H groups in total. The van der Waals surface area contributed by atoms with Crippen molar-refractivity contribution in [1.29, 1.82) is 0 Å². The van der Waals surface area contributed by atoms with Gasteiger partial charge in [0.1, 0.15) is 5.75 Å². The maximum Gasteiger partial charge on any atom is 0.418 e. The van der Waals surface area contributed by atoms with E-state index in [2.05, 4.69) is 10.6 Å². The number of alkyl halides is 3. The van der Waals surface area contributed by atoms with Gasteiger partial charge < -0.3 is 15.4 Å². The van der Waals surface area contributed by atoms with E-state index in [1.54, 1.807) is 0 Å². The molecule has 0 aliphatic heterocycles. The van der Waals surface area contributed by atoms with Crippen molar-refractivity contribution >= 4 is 11.6 Å². The minimum atomic E-state index is -4.57. The number of nitrogens with one attached hydrogen (secondary N) is 2. The van der Waals surface area contributed by atoms with Crippen molar-refractivity contribution in [3.8, 4) is 5.75 Å². The van der Waals surface area contributed by atoms with E-state index in [9.17, 15) is 18.0 Å². The number of carbonyl (C=O) groups excluding carboxylic acids is 1. The molecule has 1 unspecified atom stereocenters. The summed E-state index contributed by atoms with van der Waals surface area (Å²) in [5, 5.41) is 5.19. The first-order valence-corrected chi connectivity index (χ1v) is 6.56. The first-order chi connectivity index (χ1) is 9.77. The summed E-state index contributed by atoms with van der Waals surface area (Å²) in [5.74, 6) is -0.441. The Morgan fingerprint density at radius 2 is 2.05 bits per heavy atom. The fourth-order valence-corrected chi connectivity index (χ4v) is 1.60. The second-order valence-electron chi connectivity index (χ2n) is 4.65. The number of anilines is 1. The summed E-state index contributed by atoms with van der Waals surface area (Å²) in [6, 6.07) is 3.53. The van der Waals surface area contributed by atoms with E-state index < -0.39 is 17.6 Å². The zero-order valence-electron chi connectivity index (χ0n) is 12.2. The number of rotatable bonds is 6. The van der Waals surface area contributed by atoms with Gasteiger partial charge in [-0.3, -0.25) is 4.79 Å². The zero-order chi connectivity index (χ0) is 16.0. The van der Waals surface area contributed by atoms with Gasteiger partial charge in [0, 0.05) is 6.04 Å². The SMILES string of the molecule is CCC(C)NCC(=O)Nc1ccc(OC)cc1C(F)(F)F. The number of halogens is 3. The van der Waals surface area contributed by atoms with Gasteiger partial charge in [-0.2, -0.15) is 13.2 Å². The Morgan fingerprint density at radius 1 is 1.38 bits per heavy atom. The molecule has 0 radical (unpaired) electrons. The third-order valence-corrected chi connectivity index (χ3v) is 3.03. The highest BCUT2D eigenvalue weighted by molar-refractivity contribution is 5.93. The normalized spacial score (nSPS) is 12.9. The third-order valence-electron chi connectivity index (χ3n) is 3.03. The Bertz CT molecular complexity index is 490. The second kappa shape index (κ2) is 7.31. The Balaban J connectivity index is 2.85. The maximum atomic E-state index is 13.0. The Hall–Kier alpha value is -1.76. The predicted molar refractivity (Wildman–Crippen MR) is 74.4 cm³/mol. The van der Waals surface area contributed by atoms with Gasteiger partial charge in [-0.25, -0.2) is 0 Å². The van der Waals surface area contributed by atoms with Crippen LogP contribution >= 0.6 is 0 Å². The van der Waals surface area contributed by atoms with Crippen LogP contribution in [0.4, 0.5) is 18.9 Å². The van der Waals surface area contributed by atoms with E-state index in [-0.39, 0.29) is 24.0 Å². The number of ether oxygens (including phenoxy) is 1. The molecule has 0 saturated carbocycles. The second-order valence-corrected chi connectivity index (χ2v) is 4.65. The molecule has 0 bridgehead atoms. The minimum absolute atomic E-state index is 0.0433. The predicted octanol–water partition coefficient (Wildman–Crippen LogP) is 3.04. The summed E-state index contributed by atoms with van der Waals surface area (Å²) in [6.07, 6.45) is -3.75. The average molecular weight is 304 g/mol. The van der Waals surface area contributed by atoms with Gasteiger partial charge in [-0.15, -0.1) is 0 Å². The van der Waals surface area contributed by atoms with Crippen molar-refractivity contribution in [1.82, 2.24) is 5.32 Å². The Labute approximate surface area is 121 Å². The molecule has 1 atom stereocenters. The van der Waals surface area contributed by atoms with Crippen molar-refractivity contribution in [3.05, 3.63) is 23.8 Å². The molecular formula is C14H19F3N2O2. The highest BCUT2D eigenvalue weighted by Gasteiger charge is 2.34. The maximum absolute atomic E-state index is 13.0. The van der Waals surface area contributed by atoms with Gasteiger partial charge in [0.15, 0.2) is 0 Å². The number of amides is 1. The van der Waals surface area contributed by atoms with E-state index >= 15 is 0 Å². The number of benzene rings is 1. The molecule has 21 heavy (non-hydrogen) atoms. The Kier molecular flexibility index (Phi) is 6.02. The summed E-state index contributed by atoms with van der Waals surface area (Å²) in [5.41, 5.74) is -1.21. The fourth-order valence-electron chi connectivity index (χ4n) is 1.60. The minimum Gasteiger partial charge on any atom is -0.497 e. The lowest BCUT2D eigenvalue weighted by atomic mass is 10.1. The van der Waals surface area contributed by atoms with Gasteiger partial charge in [0.25, 0.3) is 0 Å². The molecule has 0 aliphatic rings. The fraction of sp³-hybridized carbons (Fsp3) is 0.500. The zero-order valence-corrected chi connectivity index (χ0v) is 12.2. The molecule has 0 aliphatic carbocycles. The highest BCUT2D eigenvalue weighted by Crippen LogP contribution is 2.37. The van der Waals surface area contributed by atoms with Gasteiger partial charge in [-0.05, 0) is 31.5 Å². The number of carbonyl (C=O) groups is 1. The summed E-state index contributed by atoms with van der Waals surface area (Å²) >= 11 is 0. The number of hydrogen-bond acceptors (Lipinski definition) is 3. The van der Waals surface area contributed by atoms with Gasteiger partial charge >= 0.3 is 6.18 Å². The van der Waals surface area contributed by atoms with Gasteiger partial charge in [0.2, 0.25) is 5.91 Å². The van der Waals surface area contributed by atoms with E-state index in [0.29, 0.717) is 0 Å². The van der Waals surface area contributed by atoms with E-state index in [4.69, 9.17) is 4.74 Å². The van der Waals surface area contributed by atoms with Crippen molar-refractivity contribution in [2.24, 2.45) is 0 Å². The molecule has 118 valence electrons. The summed E-state index contributed by atoms with van der Waals surface area (Å²) in [7, 11) is 1.28. The van der Waals surface area contributed by atoms with E-state index in [1.165, 1.54) is 19.2 Å². The molecule has 0 heterocycles. The molecule has 1 rings (SSSR count). The van der Waals surface area contributed by atoms with Gasteiger partial charge in [0.05, 0.1) is 24.9 Å². The van der Waals surface area contributed by atoms with Crippen LogP contribution < -0.4 is 15.4 Å². The molecule has 0 aromatic heterocycles. The molecule has 1 aromatic rings. The van der Waals surface area contributed by atoms with Crippen molar-refractivity contribution in [2.75, 3.05) is 19.0 Å². The van der Waals surface area contributed by atoms with Crippen molar-refractivity contribution in [3.63, 3.8) is 0 Å². The number of methoxy groups -OCH3 is 1. The molecule has 0 saturated heterocycles. The summed E-state index contributed by atoms with van der Waals surface area (Å²) in [4.78, 5) is 11.7.